The second-order valence-corrected chi connectivity index (χ2v) is 14.1. The first-order chi connectivity index (χ1) is 25.6. The van der Waals surface area contributed by atoms with Crippen LogP contribution in [0.15, 0.2) is 121 Å². The Balaban J connectivity index is 0.996. The van der Waals surface area contributed by atoms with Gasteiger partial charge in [0.15, 0.2) is 0 Å². The molecule has 0 saturated heterocycles. The molecule has 262 valence electrons. The van der Waals surface area contributed by atoms with Crippen molar-refractivity contribution in [1.82, 2.24) is 0 Å². The Kier molecular flexibility index (Phi) is 11.6. The van der Waals surface area contributed by atoms with Gasteiger partial charge in [-0.1, -0.05) is 137 Å². The van der Waals surface area contributed by atoms with Gasteiger partial charge >= 0.3 is 0 Å². The van der Waals surface area contributed by atoms with Crippen molar-refractivity contribution in [3.8, 4) is 11.5 Å². The van der Waals surface area contributed by atoms with Crippen LogP contribution in [0.1, 0.15) is 87.5 Å². The Morgan fingerprint density at radius 3 is 1.04 bits per heavy atom. The quantitative estimate of drug-likeness (QED) is 0.0574. The molecule has 0 unspecified atom stereocenters. The number of hydrogen-bond acceptors (Lipinski definition) is 2. The molecule has 2 nitrogen and oxygen atoms in total. The Hall–Kier alpha value is -5.34. The summed E-state index contributed by atoms with van der Waals surface area (Å²) in [6, 6.07) is 44.2. The summed E-state index contributed by atoms with van der Waals surface area (Å²) in [4.78, 5) is 0. The standard InChI is InChI=1S/C50H50O2/c1-3-5-7-9-27-51-49-25-23-41-29-37(17-21-45(41)35-49)11-13-39-15-19-43-34-48-32-40(16-20-44(48)33-47(43)31-39)14-12-38-18-22-46-36-50(26-24-42(46)30-38)52-28-10-8-6-4-2/h11-26,29-36H,3-10,27-28H2,1-2H3. The van der Waals surface area contributed by atoms with Crippen LogP contribution in [0.4, 0.5) is 0 Å². The number of benzene rings is 7. The second-order valence-electron chi connectivity index (χ2n) is 14.1. The molecule has 0 aromatic heterocycles. The molecule has 0 atom stereocenters. The first-order valence-electron chi connectivity index (χ1n) is 19.3. The largest absolute Gasteiger partial charge is 0.494 e. The zero-order chi connectivity index (χ0) is 35.5. The van der Waals surface area contributed by atoms with Gasteiger partial charge in [0.2, 0.25) is 0 Å². The van der Waals surface area contributed by atoms with Crippen LogP contribution in [0.25, 0.3) is 67.4 Å². The summed E-state index contributed by atoms with van der Waals surface area (Å²) < 4.78 is 12.0. The van der Waals surface area contributed by atoms with Crippen LogP contribution in [-0.2, 0) is 0 Å². The lowest BCUT2D eigenvalue weighted by Gasteiger charge is -2.08. The van der Waals surface area contributed by atoms with E-state index in [4.69, 9.17) is 9.47 Å². The monoisotopic (exact) mass is 682 g/mol. The Bertz CT molecular complexity index is 2180. The first-order valence-corrected chi connectivity index (χ1v) is 19.3. The minimum absolute atomic E-state index is 0.788. The number of unbranched alkanes of at least 4 members (excludes halogenated alkanes) is 6. The summed E-state index contributed by atoms with van der Waals surface area (Å²) in [5.74, 6) is 1.91. The number of fused-ring (bicyclic) bond motifs is 4. The molecule has 2 heteroatoms. The van der Waals surface area contributed by atoms with Gasteiger partial charge < -0.3 is 9.47 Å². The van der Waals surface area contributed by atoms with Crippen LogP contribution in [0.3, 0.4) is 0 Å². The van der Waals surface area contributed by atoms with Crippen molar-refractivity contribution in [2.75, 3.05) is 13.2 Å². The average molecular weight is 683 g/mol. The third-order valence-corrected chi connectivity index (χ3v) is 9.98. The van der Waals surface area contributed by atoms with Crippen LogP contribution < -0.4 is 9.47 Å². The molecular weight excluding hydrogens is 633 g/mol. The van der Waals surface area contributed by atoms with Crippen molar-refractivity contribution >= 4 is 67.4 Å². The third-order valence-electron chi connectivity index (χ3n) is 9.98. The molecule has 0 spiro atoms. The highest BCUT2D eigenvalue weighted by Gasteiger charge is 2.04. The molecular formula is C50H50O2. The highest BCUT2D eigenvalue weighted by atomic mass is 16.5. The van der Waals surface area contributed by atoms with Crippen LogP contribution in [0.5, 0.6) is 11.5 Å². The summed E-state index contributed by atoms with van der Waals surface area (Å²) in [5, 5.41) is 9.87. The zero-order valence-electron chi connectivity index (χ0n) is 30.7. The lowest BCUT2D eigenvalue weighted by atomic mass is 9.99. The van der Waals surface area contributed by atoms with E-state index in [1.807, 2.05) is 0 Å². The van der Waals surface area contributed by atoms with Crippen LogP contribution >= 0.6 is 0 Å². The molecule has 0 N–H and O–H groups in total. The Morgan fingerprint density at radius 2 is 0.654 bits per heavy atom. The summed E-state index contributed by atoms with van der Waals surface area (Å²) in [6.45, 7) is 6.05. The molecule has 0 aliphatic heterocycles. The van der Waals surface area contributed by atoms with Gasteiger partial charge in [-0.15, -0.1) is 0 Å². The molecule has 0 bridgehead atoms. The van der Waals surface area contributed by atoms with Gasteiger partial charge in [0.1, 0.15) is 11.5 Å². The SMILES string of the molecule is CCCCCCOc1ccc2cc(C=Cc3ccc4cc5cc(C=Cc6ccc7cc(OCCCCCC)ccc7c6)ccc5cc4c3)ccc2c1. The molecule has 0 fully saturated rings. The Labute approximate surface area is 309 Å². The van der Waals surface area contributed by atoms with E-state index < -0.39 is 0 Å². The summed E-state index contributed by atoms with van der Waals surface area (Å²) >= 11 is 0. The van der Waals surface area contributed by atoms with E-state index >= 15 is 0 Å². The lowest BCUT2D eigenvalue weighted by Crippen LogP contribution is -1.97. The van der Waals surface area contributed by atoms with Crippen molar-refractivity contribution in [1.29, 1.82) is 0 Å². The molecule has 52 heavy (non-hydrogen) atoms. The maximum atomic E-state index is 6.00. The predicted molar refractivity (Wildman–Crippen MR) is 226 cm³/mol. The van der Waals surface area contributed by atoms with Crippen molar-refractivity contribution in [2.24, 2.45) is 0 Å². The van der Waals surface area contributed by atoms with E-state index in [-0.39, 0.29) is 0 Å². The molecule has 7 rings (SSSR count). The number of rotatable bonds is 16. The van der Waals surface area contributed by atoms with Crippen LogP contribution in [0, 0.1) is 0 Å². The minimum Gasteiger partial charge on any atom is -0.494 e. The highest BCUT2D eigenvalue weighted by Crippen LogP contribution is 2.28. The normalized spacial score (nSPS) is 11.9. The zero-order valence-corrected chi connectivity index (χ0v) is 30.7. The van der Waals surface area contributed by atoms with Gasteiger partial charge in [-0.2, -0.15) is 0 Å². The molecule has 7 aromatic carbocycles. The smallest absolute Gasteiger partial charge is 0.119 e. The molecule has 0 saturated carbocycles. The van der Waals surface area contributed by atoms with E-state index in [0.29, 0.717) is 0 Å². The van der Waals surface area contributed by atoms with Crippen molar-refractivity contribution in [3.05, 3.63) is 144 Å². The molecule has 0 aliphatic rings. The summed E-state index contributed by atoms with van der Waals surface area (Å²) in [5.41, 5.74) is 4.77. The molecule has 0 amide bonds. The Morgan fingerprint density at radius 1 is 0.327 bits per heavy atom. The van der Waals surface area contributed by atoms with Crippen molar-refractivity contribution < 1.29 is 9.47 Å². The van der Waals surface area contributed by atoms with E-state index in [9.17, 15) is 0 Å². The highest BCUT2D eigenvalue weighted by molar-refractivity contribution is 6.00. The van der Waals surface area contributed by atoms with E-state index in [1.165, 1.54) is 104 Å². The fourth-order valence-electron chi connectivity index (χ4n) is 6.94. The van der Waals surface area contributed by atoms with Gasteiger partial charge in [0.25, 0.3) is 0 Å². The maximum absolute atomic E-state index is 6.00. The first kappa shape index (κ1) is 35.1. The van der Waals surface area contributed by atoms with E-state index in [2.05, 4.69) is 159 Å². The number of ether oxygens (including phenoxy) is 2. The predicted octanol–water partition coefficient (Wildman–Crippen LogP) is 14.6. The van der Waals surface area contributed by atoms with E-state index in [1.54, 1.807) is 0 Å². The fourth-order valence-corrected chi connectivity index (χ4v) is 6.94. The second kappa shape index (κ2) is 17.2. The number of hydrogen-bond donors (Lipinski definition) is 0. The third kappa shape index (κ3) is 9.11. The van der Waals surface area contributed by atoms with E-state index in [0.717, 1.165) is 37.6 Å². The molecule has 7 aromatic rings. The van der Waals surface area contributed by atoms with Gasteiger partial charge in [-0.25, -0.2) is 0 Å². The summed E-state index contributed by atoms with van der Waals surface area (Å²) in [6.07, 6.45) is 18.6. The maximum Gasteiger partial charge on any atom is 0.119 e. The van der Waals surface area contributed by atoms with Gasteiger partial charge in [-0.05, 0) is 139 Å². The lowest BCUT2D eigenvalue weighted by molar-refractivity contribution is 0.305. The molecule has 0 radical (unpaired) electrons. The van der Waals surface area contributed by atoms with Crippen molar-refractivity contribution in [2.45, 2.75) is 65.2 Å². The summed E-state index contributed by atoms with van der Waals surface area (Å²) in [7, 11) is 0. The average Bonchev–Trinajstić information content (AvgIpc) is 3.18. The minimum atomic E-state index is 0.788. The fraction of sp³-hybridized carbons (Fsp3) is 0.240. The van der Waals surface area contributed by atoms with Crippen LogP contribution in [0.2, 0.25) is 0 Å². The van der Waals surface area contributed by atoms with Gasteiger partial charge in [0.05, 0.1) is 13.2 Å². The molecule has 0 heterocycles. The van der Waals surface area contributed by atoms with Gasteiger partial charge in [-0.3, -0.25) is 0 Å². The van der Waals surface area contributed by atoms with Gasteiger partial charge in [0, 0.05) is 0 Å². The topological polar surface area (TPSA) is 18.5 Å². The van der Waals surface area contributed by atoms with Crippen molar-refractivity contribution in [3.63, 3.8) is 0 Å². The van der Waals surface area contributed by atoms with Crippen LogP contribution in [-0.4, -0.2) is 13.2 Å². The molecule has 0 aliphatic carbocycles.